The van der Waals surface area contributed by atoms with E-state index in [4.69, 9.17) is 9.47 Å². The van der Waals surface area contributed by atoms with Crippen LogP contribution in [0.15, 0.2) is 47.4 Å². The highest BCUT2D eigenvalue weighted by Crippen LogP contribution is 2.36. The zero-order valence-corrected chi connectivity index (χ0v) is 21.2. The second-order valence-electron chi connectivity index (χ2n) is 7.97. The third-order valence-electron chi connectivity index (χ3n) is 5.12. The lowest BCUT2D eigenvalue weighted by molar-refractivity contribution is -0.130. The largest absolute Gasteiger partial charge is 0.482 e. The fraction of sp³-hybridized carbons (Fsp3) is 0.364. The molecule has 3 aromatic rings. The molecule has 8 nitrogen and oxygen atoms in total. The van der Waals surface area contributed by atoms with Gasteiger partial charge in [0.05, 0.1) is 9.60 Å². The van der Waals surface area contributed by atoms with Crippen molar-refractivity contribution in [2.45, 2.75) is 24.0 Å². The third kappa shape index (κ3) is 5.24. The molecule has 2 atom stereocenters. The fourth-order valence-corrected chi connectivity index (χ4v) is 5.39. The average Bonchev–Trinajstić information content (AvgIpc) is 3.16. The quantitative estimate of drug-likeness (QED) is 0.502. The maximum Gasteiger partial charge on any atom is 0.273 e. The average molecular weight is 512 g/mol. The van der Waals surface area contributed by atoms with Crippen LogP contribution < -0.4 is 14.4 Å². The number of carbonyl (C=O) groups is 1. The molecule has 0 radical (unpaired) electrons. The van der Waals surface area contributed by atoms with Gasteiger partial charge in [0.2, 0.25) is 6.10 Å². The summed E-state index contributed by atoms with van der Waals surface area (Å²) in [6.45, 7) is 2.76. The molecule has 0 bridgehead atoms. The predicted octanol–water partition coefficient (Wildman–Crippen LogP) is 3.24. The maximum atomic E-state index is 13.6. The van der Waals surface area contributed by atoms with Gasteiger partial charge in [-0.1, -0.05) is 29.5 Å². The van der Waals surface area contributed by atoms with Crippen LogP contribution in [0.3, 0.4) is 0 Å². The van der Waals surface area contributed by atoms with Gasteiger partial charge in [-0.3, -0.25) is 9.69 Å². The minimum absolute atomic E-state index is 0. The lowest BCUT2D eigenvalue weighted by Gasteiger charge is -2.34. The Hall–Kier alpha value is -2.40. The standard InChI is InChI=1S/C22H25N3O5S2.ClH/c1-14-20(30-16-9-6-5-8-15(16)29-14)21(26)25(13-12-24(2)3)22-23-19-17(31-22)10-7-11-18(19)32(4,27)28;/h5-11,14,20H,12-13H2,1-4H3;1H. The normalized spacial score (nSPS) is 17.6. The topological polar surface area (TPSA) is 89.0 Å². The fourth-order valence-electron chi connectivity index (χ4n) is 3.47. The molecule has 2 aromatic carbocycles. The molecule has 1 aliphatic rings. The number of hydrogen-bond acceptors (Lipinski definition) is 8. The molecule has 33 heavy (non-hydrogen) atoms. The van der Waals surface area contributed by atoms with Crippen LogP contribution in [0, 0.1) is 0 Å². The zero-order valence-electron chi connectivity index (χ0n) is 18.7. The highest BCUT2D eigenvalue weighted by Gasteiger charge is 2.38. The van der Waals surface area contributed by atoms with Gasteiger partial charge in [-0.2, -0.15) is 0 Å². The number of anilines is 1. The lowest BCUT2D eigenvalue weighted by Crippen LogP contribution is -2.52. The smallest absolute Gasteiger partial charge is 0.273 e. The van der Waals surface area contributed by atoms with Crippen molar-refractivity contribution in [3.8, 4) is 11.5 Å². The van der Waals surface area contributed by atoms with E-state index in [2.05, 4.69) is 4.98 Å². The predicted molar refractivity (Wildman–Crippen MR) is 132 cm³/mol. The number of likely N-dealkylation sites (N-methyl/N-ethyl adjacent to an activating group) is 1. The second kappa shape index (κ2) is 9.84. The van der Waals surface area contributed by atoms with E-state index in [1.54, 1.807) is 36.1 Å². The van der Waals surface area contributed by atoms with Crippen LogP contribution in [0.5, 0.6) is 11.5 Å². The van der Waals surface area contributed by atoms with Crippen LogP contribution in [0.1, 0.15) is 6.92 Å². The number of halogens is 1. The van der Waals surface area contributed by atoms with E-state index in [0.29, 0.717) is 39.9 Å². The van der Waals surface area contributed by atoms with Crippen molar-refractivity contribution >= 4 is 54.8 Å². The molecule has 0 saturated carbocycles. The Morgan fingerprint density at radius 2 is 1.73 bits per heavy atom. The summed E-state index contributed by atoms with van der Waals surface area (Å²) >= 11 is 1.28. The van der Waals surface area contributed by atoms with E-state index in [-0.39, 0.29) is 23.2 Å². The molecule has 2 heterocycles. The minimum atomic E-state index is -3.46. The van der Waals surface area contributed by atoms with E-state index in [0.717, 1.165) is 6.26 Å². The SMILES string of the molecule is CC1Oc2ccccc2OC1C(=O)N(CCN(C)C)c1nc2c(S(C)(=O)=O)cccc2s1.Cl. The van der Waals surface area contributed by atoms with Gasteiger partial charge in [-0.25, -0.2) is 13.4 Å². The van der Waals surface area contributed by atoms with Crippen molar-refractivity contribution in [2.75, 3.05) is 38.3 Å². The number of carbonyl (C=O) groups excluding carboxylic acids is 1. The van der Waals surface area contributed by atoms with E-state index in [1.165, 1.54) is 17.4 Å². The molecule has 0 spiro atoms. The number of hydrogen-bond donors (Lipinski definition) is 0. The van der Waals surface area contributed by atoms with Gasteiger partial charge in [0.15, 0.2) is 26.5 Å². The van der Waals surface area contributed by atoms with Gasteiger partial charge in [-0.15, -0.1) is 12.4 Å². The Morgan fingerprint density at radius 1 is 1.06 bits per heavy atom. The van der Waals surface area contributed by atoms with Gasteiger partial charge in [0, 0.05) is 19.3 Å². The summed E-state index contributed by atoms with van der Waals surface area (Å²) < 4.78 is 37.1. The molecule has 11 heteroatoms. The van der Waals surface area contributed by atoms with Crippen LogP contribution in [-0.2, 0) is 14.6 Å². The zero-order chi connectivity index (χ0) is 23.0. The van der Waals surface area contributed by atoms with Gasteiger partial charge in [0.25, 0.3) is 5.91 Å². The first-order valence-electron chi connectivity index (χ1n) is 10.1. The monoisotopic (exact) mass is 511 g/mol. The lowest BCUT2D eigenvalue weighted by atomic mass is 10.1. The van der Waals surface area contributed by atoms with Gasteiger partial charge < -0.3 is 14.4 Å². The van der Waals surface area contributed by atoms with E-state index in [1.807, 2.05) is 31.1 Å². The number of aromatic nitrogens is 1. The van der Waals surface area contributed by atoms with Crippen molar-refractivity contribution in [2.24, 2.45) is 0 Å². The van der Waals surface area contributed by atoms with E-state index in [9.17, 15) is 13.2 Å². The summed E-state index contributed by atoms with van der Waals surface area (Å²) in [5.41, 5.74) is 0.372. The summed E-state index contributed by atoms with van der Waals surface area (Å²) in [6.07, 6.45) is -0.198. The molecular weight excluding hydrogens is 486 g/mol. The summed E-state index contributed by atoms with van der Waals surface area (Å²) in [5, 5.41) is 0.428. The van der Waals surface area contributed by atoms with E-state index >= 15 is 0 Å². The maximum absolute atomic E-state index is 13.6. The van der Waals surface area contributed by atoms with Crippen LogP contribution in [0.2, 0.25) is 0 Å². The Bertz CT molecular complexity index is 1260. The molecule has 4 rings (SSSR count). The van der Waals surface area contributed by atoms with Crippen molar-refractivity contribution in [1.29, 1.82) is 0 Å². The van der Waals surface area contributed by atoms with Crippen molar-refractivity contribution in [3.63, 3.8) is 0 Å². The van der Waals surface area contributed by atoms with Gasteiger partial charge in [-0.05, 0) is 45.3 Å². The number of sulfone groups is 1. The summed E-state index contributed by atoms with van der Waals surface area (Å²) in [6, 6.07) is 12.3. The van der Waals surface area contributed by atoms with Crippen LogP contribution in [-0.4, -0.2) is 69.9 Å². The Morgan fingerprint density at radius 3 is 2.36 bits per heavy atom. The van der Waals surface area contributed by atoms with Crippen LogP contribution >= 0.6 is 23.7 Å². The Kier molecular flexibility index (Phi) is 7.52. The number of para-hydroxylation sites is 3. The highest BCUT2D eigenvalue weighted by atomic mass is 35.5. The summed E-state index contributed by atoms with van der Waals surface area (Å²) in [5.74, 6) is 0.829. The molecule has 0 saturated heterocycles. The van der Waals surface area contributed by atoms with Crippen LogP contribution in [0.25, 0.3) is 10.2 Å². The number of nitrogens with zero attached hydrogens (tertiary/aromatic N) is 3. The van der Waals surface area contributed by atoms with Gasteiger partial charge in [0.1, 0.15) is 11.6 Å². The Balaban J connectivity index is 0.00000306. The molecule has 1 amide bonds. The molecule has 0 fully saturated rings. The van der Waals surface area contributed by atoms with Gasteiger partial charge >= 0.3 is 0 Å². The third-order valence-corrected chi connectivity index (χ3v) is 7.30. The number of thiazole rings is 1. The number of benzene rings is 2. The molecule has 1 aliphatic heterocycles. The summed E-state index contributed by atoms with van der Waals surface area (Å²) in [4.78, 5) is 21.9. The molecular formula is C22H26ClN3O5S2. The number of ether oxygens (including phenoxy) is 2. The minimum Gasteiger partial charge on any atom is -0.482 e. The number of fused-ring (bicyclic) bond motifs is 2. The first kappa shape index (κ1) is 25.2. The Labute approximate surface area is 203 Å². The van der Waals surface area contributed by atoms with Crippen molar-refractivity contribution < 1.29 is 22.7 Å². The molecule has 2 unspecified atom stereocenters. The first-order chi connectivity index (χ1) is 15.1. The van der Waals surface area contributed by atoms with Crippen molar-refractivity contribution in [1.82, 2.24) is 9.88 Å². The molecule has 0 N–H and O–H groups in total. The second-order valence-corrected chi connectivity index (χ2v) is 11.0. The van der Waals surface area contributed by atoms with Crippen LogP contribution in [0.4, 0.5) is 5.13 Å². The summed E-state index contributed by atoms with van der Waals surface area (Å²) in [7, 11) is 0.374. The number of rotatable bonds is 6. The van der Waals surface area contributed by atoms with E-state index < -0.39 is 22.0 Å². The highest BCUT2D eigenvalue weighted by molar-refractivity contribution is 7.91. The van der Waals surface area contributed by atoms with Crippen molar-refractivity contribution in [3.05, 3.63) is 42.5 Å². The molecule has 178 valence electrons. The molecule has 0 aliphatic carbocycles. The number of amides is 1. The molecule has 1 aromatic heterocycles. The first-order valence-corrected chi connectivity index (χ1v) is 12.8.